The van der Waals surface area contributed by atoms with Gasteiger partial charge in [-0.25, -0.2) is 0 Å². The zero-order valence-corrected chi connectivity index (χ0v) is 9.93. The average molecular weight is 208 g/mol. The monoisotopic (exact) mass is 208 g/mol. The predicted octanol–water partition coefficient (Wildman–Crippen LogP) is 3.06. The summed E-state index contributed by atoms with van der Waals surface area (Å²) in [5.74, 6) is 0.539. The Morgan fingerprint density at radius 3 is 2.57 bits per heavy atom. The minimum absolute atomic E-state index is 0.454. The predicted molar refractivity (Wildman–Crippen MR) is 61.8 cm³/mol. The molecule has 1 aromatic heterocycles. The van der Waals surface area contributed by atoms with Crippen molar-refractivity contribution in [2.75, 3.05) is 7.05 Å². The van der Waals surface area contributed by atoms with Crippen LogP contribution in [0.3, 0.4) is 0 Å². The topological polar surface area (TPSA) is 15.6 Å². The summed E-state index contributed by atoms with van der Waals surface area (Å²) in [6.45, 7) is 6.55. The number of rotatable bonds is 1. The van der Waals surface area contributed by atoms with E-state index in [-0.39, 0.29) is 0 Å². The second kappa shape index (κ2) is 3.39. The second-order valence-corrected chi connectivity index (χ2v) is 4.96. The highest BCUT2D eigenvalue weighted by Crippen LogP contribution is 2.38. The number of nitrogens with zero attached hydrogens (tertiary/aromatic N) is 2. The summed E-state index contributed by atoms with van der Waals surface area (Å²) in [4.78, 5) is 1.46. The summed E-state index contributed by atoms with van der Waals surface area (Å²) in [6, 6.07) is 2.64. The van der Waals surface area contributed by atoms with Crippen molar-refractivity contribution in [1.29, 1.82) is 0 Å². The Bertz CT molecular complexity index is 367. The average Bonchev–Trinajstić information content (AvgIpc) is 2.60. The lowest BCUT2D eigenvalue weighted by molar-refractivity contribution is 0.260. The van der Waals surface area contributed by atoms with Gasteiger partial charge in [-0.3, -0.25) is 5.01 Å². The molecule has 0 fully saturated rings. The van der Waals surface area contributed by atoms with Crippen LogP contribution in [0.15, 0.2) is 16.5 Å². The Balaban J connectivity index is 2.34. The second-order valence-electron chi connectivity index (χ2n) is 4.02. The lowest BCUT2D eigenvalue weighted by Crippen LogP contribution is -2.19. The summed E-state index contributed by atoms with van der Waals surface area (Å²) in [5, 5.41) is 8.77. The molecule has 0 amide bonds. The number of aryl methyl sites for hydroxylation is 1. The van der Waals surface area contributed by atoms with Gasteiger partial charge >= 0.3 is 0 Å². The van der Waals surface area contributed by atoms with Crippen LogP contribution in [0.25, 0.3) is 0 Å². The van der Waals surface area contributed by atoms with E-state index in [4.69, 9.17) is 0 Å². The van der Waals surface area contributed by atoms with Gasteiger partial charge in [-0.15, -0.1) is 11.3 Å². The van der Waals surface area contributed by atoms with Crippen molar-refractivity contribution < 1.29 is 0 Å². The molecular formula is C11H16N2S. The molecule has 14 heavy (non-hydrogen) atoms. The van der Waals surface area contributed by atoms with Crippen molar-refractivity contribution in [3.63, 3.8) is 0 Å². The van der Waals surface area contributed by atoms with E-state index in [2.05, 4.69) is 49.4 Å². The zero-order valence-electron chi connectivity index (χ0n) is 9.11. The van der Waals surface area contributed by atoms with Gasteiger partial charge in [0.05, 0.1) is 6.04 Å². The van der Waals surface area contributed by atoms with Crippen LogP contribution in [0.5, 0.6) is 0 Å². The highest BCUT2D eigenvalue weighted by atomic mass is 32.1. The molecule has 0 saturated carbocycles. The Kier molecular flexibility index (Phi) is 2.35. The third-order valence-electron chi connectivity index (χ3n) is 3.02. The molecule has 0 aromatic carbocycles. The van der Waals surface area contributed by atoms with Crippen LogP contribution in [0, 0.1) is 12.8 Å². The lowest BCUT2D eigenvalue weighted by Gasteiger charge is -2.22. The third kappa shape index (κ3) is 1.36. The van der Waals surface area contributed by atoms with Crippen molar-refractivity contribution in [2.45, 2.75) is 26.8 Å². The lowest BCUT2D eigenvalue weighted by atomic mass is 9.96. The van der Waals surface area contributed by atoms with E-state index in [1.807, 2.05) is 11.3 Å². The molecular weight excluding hydrogens is 192 g/mol. The van der Waals surface area contributed by atoms with E-state index in [1.165, 1.54) is 16.2 Å². The van der Waals surface area contributed by atoms with E-state index in [9.17, 15) is 0 Å². The van der Waals surface area contributed by atoms with Gasteiger partial charge in [0.15, 0.2) is 0 Å². The van der Waals surface area contributed by atoms with Crippen LogP contribution in [-0.2, 0) is 0 Å². The van der Waals surface area contributed by atoms with Gasteiger partial charge < -0.3 is 0 Å². The molecule has 76 valence electrons. The molecule has 3 heteroatoms. The molecule has 0 N–H and O–H groups in total. The van der Waals surface area contributed by atoms with Gasteiger partial charge in [-0.2, -0.15) is 5.10 Å². The van der Waals surface area contributed by atoms with Crippen LogP contribution in [0.4, 0.5) is 0 Å². The quantitative estimate of drug-likeness (QED) is 0.692. The van der Waals surface area contributed by atoms with Crippen LogP contribution in [0.1, 0.15) is 30.3 Å². The van der Waals surface area contributed by atoms with Gasteiger partial charge in [0.2, 0.25) is 0 Å². The van der Waals surface area contributed by atoms with E-state index in [0.29, 0.717) is 12.0 Å². The van der Waals surface area contributed by atoms with E-state index in [1.54, 1.807) is 0 Å². The van der Waals surface area contributed by atoms with Crippen molar-refractivity contribution >= 4 is 17.0 Å². The molecule has 2 unspecified atom stereocenters. The van der Waals surface area contributed by atoms with Crippen LogP contribution < -0.4 is 0 Å². The first-order valence-corrected chi connectivity index (χ1v) is 5.81. The molecule has 2 rings (SSSR count). The van der Waals surface area contributed by atoms with Gasteiger partial charge in [0.25, 0.3) is 0 Å². The normalized spacial score (nSPS) is 26.9. The Hall–Kier alpha value is -0.830. The minimum atomic E-state index is 0.454. The molecule has 1 aliphatic heterocycles. The number of hydrogen-bond acceptors (Lipinski definition) is 3. The van der Waals surface area contributed by atoms with Crippen molar-refractivity contribution in [2.24, 2.45) is 11.0 Å². The van der Waals surface area contributed by atoms with Crippen LogP contribution in [-0.4, -0.2) is 17.8 Å². The maximum absolute atomic E-state index is 4.51. The van der Waals surface area contributed by atoms with Crippen LogP contribution in [0.2, 0.25) is 0 Å². The fraction of sp³-hybridized carbons (Fsp3) is 0.545. The smallest absolute Gasteiger partial charge is 0.0889 e. The van der Waals surface area contributed by atoms with E-state index >= 15 is 0 Å². The Morgan fingerprint density at radius 1 is 1.43 bits per heavy atom. The molecule has 0 radical (unpaired) electrons. The van der Waals surface area contributed by atoms with Crippen molar-refractivity contribution in [3.05, 3.63) is 21.9 Å². The molecule has 0 bridgehead atoms. The Morgan fingerprint density at radius 2 is 2.14 bits per heavy atom. The minimum Gasteiger partial charge on any atom is -0.291 e. The van der Waals surface area contributed by atoms with Crippen molar-refractivity contribution in [1.82, 2.24) is 5.01 Å². The molecule has 0 aliphatic carbocycles. The number of hydrazone groups is 1. The summed E-state index contributed by atoms with van der Waals surface area (Å²) in [6.07, 6.45) is 0. The molecule has 1 aromatic rings. The first kappa shape index (κ1) is 9.71. The van der Waals surface area contributed by atoms with Gasteiger partial charge in [0.1, 0.15) is 0 Å². The van der Waals surface area contributed by atoms with Gasteiger partial charge in [-0.1, -0.05) is 6.92 Å². The number of thiophene rings is 1. The zero-order chi connectivity index (χ0) is 10.3. The maximum Gasteiger partial charge on any atom is 0.0889 e. The maximum atomic E-state index is 4.51. The summed E-state index contributed by atoms with van der Waals surface area (Å²) >= 11 is 1.84. The third-order valence-corrected chi connectivity index (χ3v) is 4.11. The highest BCUT2D eigenvalue weighted by Gasteiger charge is 2.32. The SMILES string of the molecule is CC1=NN(C)C(c2sccc2C)C1C. The summed E-state index contributed by atoms with van der Waals surface area (Å²) in [7, 11) is 2.07. The van der Waals surface area contributed by atoms with E-state index < -0.39 is 0 Å². The summed E-state index contributed by atoms with van der Waals surface area (Å²) < 4.78 is 0. The standard InChI is InChI=1S/C11H16N2S/c1-7-5-6-14-11(7)10-8(2)9(3)12-13(10)4/h5-6,8,10H,1-4H3. The largest absolute Gasteiger partial charge is 0.291 e. The highest BCUT2D eigenvalue weighted by molar-refractivity contribution is 7.10. The van der Waals surface area contributed by atoms with Crippen molar-refractivity contribution in [3.8, 4) is 0 Å². The molecule has 0 saturated heterocycles. The Labute approximate surface area is 89.2 Å². The van der Waals surface area contributed by atoms with Crippen LogP contribution >= 0.6 is 11.3 Å². The summed E-state index contributed by atoms with van der Waals surface area (Å²) in [5.41, 5.74) is 2.63. The molecule has 1 aliphatic rings. The first-order valence-electron chi connectivity index (χ1n) is 4.93. The molecule has 2 atom stereocenters. The molecule has 2 heterocycles. The fourth-order valence-electron chi connectivity index (χ4n) is 2.04. The number of hydrogen-bond donors (Lipinski definition) is 0. The molecule has 2 nitrogen and oxygen atoms in total. The fourth-order valence-corrected chi connectivity index (χ4v) is 3.21. The first-order chi connectivity index (χ1) is 6.61. The van der Waals surface area contributed by atoms with E-state index in [0.717, 1.165) is 0 Å². The molecule has 0 spiro atoms. The van der Waals surface area contributed by atoms with Gasteiger partial charge in [0, 0.05) is 23.6 Å². The van der Waals surface area contributed by atoms with Gasteiger partial charge in [-0.05, 0) is 30.9 Å².